The number of pyridine rings is 1. The summed E-state index contributed by atoms with van der Waals surface area (Å²) in [5.41, 5.74) is 6.10. The van der Waals surface area contributed by atoms with Gasteiger partial charge >= 0.3 is 0 Å². The van der Waals surface area contributed by atoms with E-state index < -0.39 is 5.54 Å². The highest BCUT2D eigenvalue weighted by Gasteiger charge is 2.50. The van der Waals surface area contributed by atoms with Crippen LogP contribution in [-0.4, -0.2) is 60.7 Å². The zero-order chi connectivity index (χ0) is 20.3. The molecule has 2 saturated heterocycles. The third-order valence-corrected chi connectivity index (χ3v) is 5.41. The van der Waals surface area contributed by atoms with E-state index in [9.17, 15) is 9.59 Å². The lowest BCUT2D eigenvalue weighted by molar-refractivity contribution is -0.150. The number of nitrogens with zero attached hydrogens (tertiary/aromatic N) is 2. The van der Waals surface area contributed by atoms with Crippen LogP contribution in [0.25, 0.3) is 0 Å². The summed E-state index contributed by atoms with van der Waals surface area (Å²) < 4.78 is 11.5. The van der Waals surface area contributed by atoms with Crippen molar-refractivity contribution in [2.75, 3.05) is 32.8 Å². The van der Waals surface area contributed by atoms with Crippen LogP contribution in [0.4, 0.5) is 0 Å². The highest BCUT2D eigenvalue weighted by atomic mass is 16.5. The van der Waals surface area contributed by atoms with E-state index in [4.69, 9.17) is 15.2 Å². The number of aromatic nitrogens is 1. The third-order valence-electron chi connectivity index (χ3n) is 5.41. The number of rotatable bonds is 5. The van der Waals surface area contributed by atoms with Crippen LogP contribution in [0.2, 0.25) is 0 Å². The number of nitrogens with two attached hydrogens (primary N) is 1. The number of amides is 2. The Hall–Kier alpha value is -2.97. The van der Waals surface area contributed by atoms with Crippen molar-refractivity contribution in [1.29, 1.82) is 0 Å². The summed E-state index contributed by atoms with van der Waals surface area (Å²) in [7, 11) is 0. The minimum Gasteiger partial charge on any atom is -0.490 e. The molecule has 0 bridgehead atoms. The van der Waals surface area contributed by atoms with Crippen LogP contribution >= 0.6 is 0 Å². The largest absolute Gasteiger partial charge is 0.490 e. The van der Waals surface area contributed by atoms with Gasteiger partial charge in [0.2, 0.25) is 5.91 Å². The van der Waals surface area contributed by atoms with Gasteiger partial charge in [0.15, 0.2) is 11.4 Å². The lowest BCUT2D eigenvalue weighted by atomic mass is 9.77. The molecule has 4 rings (SSSR count). The first kappa shape index (κ1) is 19.4. The molecule has 0 spiro atoms. The Morgan fingerprint density at radius 2 is 2.14 bits per heavy atom. The van der Waals surface area contributed by atoms with Crippen LogP contribution in [0.15, 0.2) is 48.7 Å². The molecule has 2 fully saturated rings. The predicted molar refractivity (Wildman–Crippen MR) is 105 cm³/mol. The Labute approximate surface area is 169 Å². The number of hydrogen-bond donors (Lipinski definition) is 2. The van der Waals surface area contributed by atoms with Gasteiger partial charge in [0, 0.05) is 25.8 Å². The SMILES string of the molecule is NCCOc1cccnc1C(=O)N1CC[C@@]2(c3ccccc3)NC(=O)CO[C@@H]2C1. The number of carbonyl (C=O) groups excluding carboxylic acids is 2. The van der Waals surface area contributed by atoms with E-state index in [1.54, 1.807) is 23.2 Å². The fourth-order valence-electron chi connectivity index (χ4n) is 4.03. The number of fused-ring (bicyclic) bond motifs is 1. The van der Waals surface area contributed by atoms with Gasteiger partial charge in [0.05, 0.1) is 5.54 Å². The first-order valence-electron chi connectivity index (χ1n) is 9.69. The fourth-order valence-corrected chi connectivity index (χ4v) is 4.03. The van der Waals surface area contributed by atoms with Gasteiger partial charge < -0.3 is 25.4 Å². The van der Waals surface area contributed by atoms with Crippen LogP contribution in [0.3, 0.4) is 0 Å². The highest BCUT2D eigenvalue weighted by Crippen LogP contribution is 2.37. The summed E-state index contributed by atoms with van der Waals surface area (Å²) in [4.78, 5) is 31.2. The van der Waals surface area contributed by atoms with E-state index in [2.05, 4.69) is 10.3 Å². The fraction of sp³-hybridized carbons (Fsp3) is 0.381. The van der Waals surface area contributed by atoms with Crippen LogP contribution in [0, 0.1) is 0 Å². The molecule has 3 N–H and O–H groups in total. The van der Waals surface area contributed by atoms with Gasteiger partial charge in [-0.3, -0.25) is 9.59 Å². The Morgan fingerprint density at radius 3 is 2.93 bits per heavy atom. The van der Waals surface area contributed by atoms with E-state index in [0.717, 1.165) is 5.56 Å². The number of benzene rings is 1. The monoisotopic (exact) mass is 396 g/mol. The van der Waals surface area contributed by atoms with E-state index in [1.165, 1.54) is 0 Å². The van der Waals surface area contributed by atoms with E-state index >= 15 is 0 Å². The molecule has 152 valence electrons. The molecule has 2 aliphatic rings. The minimum absolute atomic E-state index is 0.0181. The minimum atomic E-state index is -0.642. The maximum Gasteiger partial charge on any atom is 0.276 e. The first-order chi connectivity index (χ1) is 14.1. The van der Waals surface area contributed by atoms with Gasteiger partial charge in [-0.1, -0.05) is 30.3 Å². The molecule has 2 atom stereocenters. The molecule has 0 radical (unpaired) electrons. The van der Waals surface area contributed by atoms with Crippen molar-refractivity contribution in [2.24, 2.45) is 5.73 Å². The topological polar surface area (TPSA) is 107 Å². The van der Waals surface area contributed by atoms with E-state index in [1.807, 2.05) is 30.3 Å². The first-order valence-corrected chi connectivity index (χ1v) is 9.69. The number of piperidine rings is 1. The molecule has 0 aliphatic carbocycles. The Morgan fingerprint density at radius 1 is 1.31 bits per heavy atom. The second kappa shape index (κ2) is 8.18. The average Bonchev–Trinajstić information content (AvgIpc) is 2.77. The molecule has 1 aromatic heterocycles. The van der Waals surface area contributed by atoms with E-state index in [0.29, 0.717) is 38.4 Å². The maximum atomic E-state index is 13.2. The Bertz CT molecular complexity index is 891. The molecule has 8 heteroatoms. The summed E-state index contributed by atoms with van der Waals surface area (Å²) in [6.07, 6.45) is 1.76. The van der Waals surface area contributed by atoms with Gasteiger partial charge in [-0.05, 0) is 24.1 Å². The lowest BCUT2D eigenvalue weighted by Crippen LogP contribution is -2.67. The molecule has 1 aromatic carbocycles. The second-order valence-corrected chi connectivity index (χ2v) is 7.17. The molecule has 29 heavy (non-hydrogen) atoms. The number of nitrogens with one attached hydrogen (secondary N) is 1. The number of morpholine rings is 1. The smallest absolute Gasteiger partial charge is 0.276 e. The van der Waals surface area contributed by atoms with Gasteiger partial charge in [-0.2, -0.15) is 0 Å². The summed E-state index contributed by atoms with van der Waals surface area (Å²) in [6.45, 7) is 1.44. The lowest BCUT2D eigenvalue weighted by Gasteiger charge is -2.50. The van der Waals surface area contributed by atoms with Crippen LogP contribution in [-0.2, 0) is 15.1 Å². The van der Waals surface area contributed by atoms with Crippen molar-refractivity contribution in [3.8, 4) is 5.75 Å². The van der Waals surface area contributed by atoms with Crippen molar-refractivity contribution in [2.45, 2.75) is 18.1 Å². The van der Waals surface area contributed by atoms with Crippen LogP contribution in [0.1, 0.15) is 22.5 Å². The molecular weight excluding hydrogens is 372 g/mol. The van der Waals surface area contributed by atoms with Crippen molar-refractivity contribution in [3.05, 3.63) is 59.9 Å². The number of hydrogen-bond acceptors (Lipinski definition) is 6. The third kappa shape index (κ3) is 3.68. The van der Waals surface area contributed by atoms with Crippen LogP contribution in [0.5, 0.6) is 5.75 Å². The molecule has 2 aromatic rings. The second-order valence-electron chi connectivity index (χ2n) is 7.17. The van der Waals surface area contributed by atoms with Crippen molar-refractivity contribution in [1.82, 2.24) is 15.2 Å². The van der Waals surface area contributed by atoms with Crippen molar-refractivity contribution < 1.29 is 19.1 Å². The number of likely N-dealkylation sites (tertiary alicyclic amines) is 1. The van der Waals surface area contributed by atoms with Crippen molar-refractivity contribution >= 4 is 11.8 Å². The van der Waals surface area contributed by atoms with Gasteiger partial charge in [0.25, 0.3) is 5.91 Å². The zero-order valence-electron chi connectivity index (χ0n) is 16.0. The Kier molecular flexibility index (Phi) is 5.46. The standard InChI is InChI=1S/C21H24N4O4/c22-9-12-28-16-7-4-10-23-19(16)20(27)25-11-8-21(15-5-2-1-3-6-15)17(13-25)29-14-18(26)24-21/h1-7,10,17H,8-9,11-14,22H2,(H,24,26)/t17-,21+/m1/s1. The Balaban J connectivity index is 1.58. The quantitative estimate of drug-likeness (QED) is 0.770. The number of carbonyl (C=O) groups is 2. The zero-order valence-corrected chi connectivity index (χ0v) is 16.0. The molecule has 2 amide bonds. The molecule has 3 heterocycles. The van der Waals surface area contributed by atoms with Crippen LogP contribution < -0.4 is 15.8 Å². The van der Waals surface area contributed by atoms with Gasteiger partial charge in [-0.15, -0.1) is 0 Å². The molecular formula is C21H24N4O4. The molecule has 2 aliphatic heterocycles. The normalized spacial score (nSPS) is 23.8. The molecule has 8 nitrogen and oxygen atoms in total. The average molecular weight is 396 g/mol. The summed E-state index contributed by atoms with van der Waals surface area (Å²) in [5.74, 6) is 0.0487. The highest BCUT2D eigenvalue weighted by molar-refractivity contribution is 5.95. The summed E-state index contributed by atoms with van der Waals surface area (Å²) in [6, 6.07) is 13.2. The molecule has 0 saturated carbocycles. The molecule has 0 unspecified atom stereocenters. The summed E-state index contributed by atoms with van der Waals surface area (Å²) in [5, 5.41) is 3.13. The summed E-state index contributed by atoms with van der Waals surface area (Å²) >= 11 is 0. The maximum absolute atomic E-state index is 13.2. The van der Waals surface area contributed by atoms with Crippen molar-refractivity contribution in [3.63, 3.8) is 0 Å². The number of ether oxygens (including phenoxy) is 2. The van der Waals surface area contributed by atoms with Gasteiger partial charge in [-0.25, -0.2) is 4.98 Å². The van der Waals surface area contributed by atoms with E-state index in [-0.39, 0.29) is 30.2 Å². The van der Waals surface area contributed by atoms with Gasteiger partial charge in [0.1, 0.15) is 19.3 Å². The predicted octanol–water partition coefficient (Wildman–Crippen LogP) is 0.675.